The van der Waals surface area contributed by atoms with Crippen LogP contribution in [0.4, 0.5) is 5.69 Å². The van der Waals surface area contributed by atoms with Crippen molar-refractivity contribution >= 4 is 25.5 Å². The molecule has 0 radical (unpaired) electrons. The number of rotatable bonds is 5. The van der Waals surface area contributed by atoms with Crippen LogP contribution in [-0.4, -0.2) is 28.2 Å². The molecule has 0 saturated heterocycles. The van der Waals surface area contributed by atoms with Crippen LogP contribution in [0.2, 0.25) is 0 Å². The molecule has 0 bridgehead atoms. The molecule has 0 aliphatic rings. The summed E-state index contributed by atoms with van der Waals surface area (Å²) in [5.74, 6) is 0. The van der Waals surface area contributed by atoms with Crippen molar-refractivity contribution in [2.75, 3.05) is 17.1 Å². The molecule has 0 aromatic heterocycles. The SMILES string of the molecule is CC(NS(=O)(=O)CS(C)(=O)=O)c1ccc(N)cc1. The summed E-state index contributed by atoms with van der Waals surface area (Å²) in [5, 5.41) is -0.917. The van der Waals surface area contributed by atoms with E-state index in [1.165, 1.54) is 0 Å². The lowest BCUT2D eigenvalue weighted by Gasteiger charge is -2.14. The van der Waals surface area contributed by atoms with Crippen molar-refractivity contribution in [1.82, 2.24) is 4.72 Å². The van der Waals surface area contributed by atoms with Crippen LogP contribution in [0.5, 0.6) is 0 Å². The lowest BCUT2D eigenvalue weighted by Crippen LogP contribution is -2.31. The van der Waals surface area contributed by atoms with Gasteiger partial charge >= 0.3 is 0 Å². The summed E-state index contributed by atoms with van der Waals surface area (Å²) in [6, 6.07) is 6.15. The fourth-order valence-corrected chi connectivity index (χ4v) is 4.64. The summed E-state index contributed by atoms with van der Waals surface area (Å²) < 4.78 is 47.4. The zero-order chi connectivity index (χ0) is 14.0. The second-order valence-electron chi connectivity index (χ2n) is 4.16. The number of nitrogen functional groups attached to an aromatic ring is 1. The molecule has 6 nitrogen and oxygen atoms in total. The van der Waals surface area contributed by atoms with Gasteiger partial charge in [-0.15, -0.1) is 0 Å². The number of benzene rings is 1. The summed E-state index contributed by atoms with van der Waals surface area (Å²) >= 11 is 0. The number of sulfonamides is 1. The Morgan fingerprint density at radius 2 is 1.67 bits per heavy atom. The molecule has 0 fully saturated rings. The Kier molecular flexibility index (Phi) is 4.36. The molecule has 0 heterocycles. The average molecular weight is 292 g/mol. The van der Waals surface area contributed by atoms with Crippen LogP contribution in [0.1, 0.15) is 18.5 Å². The van der Waals surface area contributed by atoms with E-state index >= 15 is 0 Å². The predicted octanol–water partition coefficient (Wildman–Crippen LogP) is 0.251. The van der Waals surface area contributed by atoms with Crippen molar-refractivity contribution in [3.63, 3.8) is 0 Å². The molecule has 1 aromatic rings. The molecule has 8 heteroatoms. The van der Waals surface area contributed by atoms with Gasteiger partial charge in [-0.25, -0.2) is 21.6 Å². The highest BCUT2D eigenvalue weighted by Crippen LogP contribution is 2.15. The van der Waals surface area contributed by atoms with Gasteiger partial charge in [0.1, 0.15) is 0 Å². The summed E-state index contributed by atoms with van der Waals surface area (Å²) in [5.41, 5.74) is 6.80. The molecular weight excluding hydrogens is 276 g/mol. The van der Waals surface area contributed by atoms with Gasteiger partial charge in [-0.2, -0.15) is 0 Å². The molecule has 0 aliphatic carbocycles. The summed E-state index contributed by atoms with van der Waals surface area (Å²) in [6.45, 7) is 1.63. The van der Waals surface area contributed by atoms with Gasteiger partial charge in [-0.05, 0) is 24.6 Å². The Labute approximate surface area is 107 Å². The van der Waals surface area contributed by atoms with Crippen molar-refractivity contribution in [3.8, 4) is 0 Å². The number of nitrogens with two attached hydrogens (primary N) is 1. The molecular formula is C10H16N2O4S2. The van der Waals surface area contributed by atoms with E-state index < -0.39 is 31.0 Å². The Balaban J connectivity index is 2.82. The molecule has 1 unspecified atom stereocenters. The van der Waals surface area contributed by atoms with Gasteiger partial charge in [-0.1, -0.05) is 12.1 Å². The Bertz CT molecular complexity index is 606. The number of sulfone groups is 1. The molecule has 18 heavy (non-hydrogen) atoms. The second kappa shape index (κ2) is 5.25. The van der Waals surface area contributed by atoms with Crippen LogP contribution < -0.4 is 10.5 Å². The highest BCUT2D eigenvalue weighted by atomic mass is 32.3. The molecule has 0 saturated carbocycles. The first-order valence-electron chi connectivity index (χ1n) is 5.12. The van der Waals surface area contributed by atoms with Crippen LogP contribution in [0, 0.1) is 0 Å². The minimum Gasteiger partial charge on any atom is -0.399 e. The molecule has 0 aliphatic heterocycles. The topological polar surface area (TPSA) is 106 Å². The van der Waals surface area contributed by atoms with Crippen molar-refractivity contribution in [2.24, 2.45) is 0 Å². The van der Waals surface area contributed by atoms with Crippen LogP contribution in [0.3, 0.4) is 0 Å². The molecule has 102 valence electrons. The smallest absolute Gasteiger partial charge is 0.226 e. The van der Waals surface area contributed by atoms with E-state index in [-0.39, 0.29) is 0 Å². The summed E-state index contributed by atoms with van der Waals surface area (Å²) in [6.07, 6.45) is 0.875. The number of hydrogen-bond donors (Lipinski definition) is 2. The van der Waals surface area contributed by atoms with E-state index in [0.717, 1.165) is 6.26 Å². The van der Waals surface area contributed by atoms with E-state index in [4.69, 9.17) is 5.73 Å². The minimum absolute atomic E-state index is 0.516. The van der Waals surface area contributed by atoms with Gasteiger partial charge in [0.25, 0.3) is 0 Å². The van der Waals surface area contributed by atoms with Gasteiger partial charge in [0.15, 0.2) is 14.9 Å². The largest absolute Gasteiger partial charge is 0.399 e. The van der Waals surface area contributed by atoms with E-state index in [0.29, 0.717) is 11.3 Å². The maximum atomic E-state index is 11.6. The van der Waals surface area contributed by atoms with Gasteiger partial charge in [0, 0.05) is 18.0 Å². The summed E-state index contributed by atoms with van der Waals surface area (Å²) in [4.78, 5) is 0. The van der Waals surface area contributed by atoms with Crippen molar-refractivity contribution in [3.05, 3.63) is 29.8 Å². The van der Waals surface area contributed by atoms with Gasteiger partial charge < -0.3 is 5.73 Å². The number of nitrogens with one attached hydrogen (secondary N) is 1. The first-order chi connectivity index (χ1) is 8.09. The Morgan fingerprint density at radius 1 is 1.17 bits per heavy atom. The van der Waals surface area contributed by atoms with Crippen LogP contribution in [-0.2, 0) is 19.9 Å². The van der Waals surface area contributed by atoms with Crippen molar-refractivity contribution < 1.29 is 16.8 Å². The first kappa shape index (κ1) is 14.9. The first-order valence-corrected chi connectivity index (χ1v) is 8.83. The van der Waals surface area contributed by atoms with E-state index in [9.17, 15) is 16.8 Å². The van der Waals surface area contributed by atoms with Crippen molar-refractivity contribution in [1.29, 1.82) is 0 Å². The third-order valence-electron chi connectivity index (χ3n) is 2.16. The Hall–Kier alpha value is -1.12. The summed E-state index contributed by atoms with van der Waals surface area (Å²) in [7, 11) is -7.45. The maximum Gasteiger partial charge on any atom is 0.226 e. The lowest BCUT2D eigenvalue weighted by atomic mass is 10.1. The maximum absolute atomic E-state index is 11.6. The van der Waals surface area contributed by atoms with Crippen LogP contribution >= 0.6 is 0 Å². The van der Waals surface area contributed by atoms with E-state index in [2.05, 4.69) is 4.72 Å². The van der Waals surface area contributed by atoms with E-state index in [1.807, 2.05) is 0 Å². The predicted molar refractivity (Wildman–Crippen MR) is 71.0 cm³/mol. The lowest BCUT2D eigenvalue weighted by molar-refractivity contribution is 0.568. The average Bonchev–Trinajstić information content (AvgIpc) is 2.13. The highest BCUT2D eigenvalue weighted by molar-refractivity contribution is 8.06. The molecule has 1 rings (SSSR count). The monoisotopic (exact) mass is 292 g/mol. The zero-order valence-electron chi connectivity index (χ0n) is 10.1. The van der Waals surface area contributed by atoms with Gasteiger partial charge in [-0.3, -0.25) is 0 Å². The number of hydrogen-bond acceptors (Lipinski definition) is 5. The Morgan fingerprint density at radius 3 is 2.11 bits per heavy atom. The zero-order valence-corrected chi connectivity index (χ0v) is 11.8. The molecule has 1 atom stereocenters. The molecule has 3 N–H and O–H groups in total. The molecule has 0 amide bonds. The van der Waals surface area contributed by atoms with Crippen molar-refractivity contribution in [2.45, 2.75) is 13.0 Å². The normalized spacial score (nSPS) is 14.3. The highest BCUT2D eigenvalue weighted by Gasteiger charge is 2.20. The molecule has 0 spiro atoms. The standard InChI is InChI=1S/C10H16N2O4S2/c1-8(9-3-5-10(11)6-4-9)12-18(15,16)7-17(2,13)14/h3-6,8,12H,7,11H2,1-2H3. The van der Waals surface area contributed by atoms with Gasteiger partial charge in [0.2, 0.25) is 10.0 Å². The van der Waals surface area contributed by atoms with Crippen LogP contribution in [0.15, 0.2) is 24.3 Å². The second-order valence-corrected chi connectivity index (χ2v) is 8.42. The van der Waals surface area contributed by atoms with Crippen LogP contribution in [0.25, 0.3) is 0 Å². The molecule has 1 aromatic carbocycles. The fraction of sp³-hybridized carbons (Fsp3) is 0.400. The fourth-order valence-electron chi connectivity index (χ4n) is 1.44. The number of anilines is 1. The van der Waals surface area contributed by atoms with E-state index in [1.54, 1.807) is 31.2 Å². The third-order valence-corrected chi connectivity index (χ3v) is 5.83. The third kappa shape index (κ3) is 5.03. The quantitative estimate of drug-likeness (QED) is 0.757. The minimum atomic E-state index is -3.87. The van der Waals surface area contributed by atoms with Gasteiger partial charge in [0.05, 0.1) is 0 Å².